The molecule has 16 heavy (non-hydrogen) atoms. The molecular formula is C13H13N3. The lowest BCUT2D eigenvalue weighted by Crippen LogP contribution is -1.86. The Morgan fingerprint density at radius 1 is 1.25 bits per heavy atom. The Kier molecular flexibility index (Phi) is 2.49. The van der Waals surface area contributed by atoms with Gasteiger partial charge in [-0.3, -0.25) is 0 Å². The predicted molar refractivity (Wildman–Crippen MR) is 62.9 cm³/mol. The quantitative estimate of drug-likeness (QED) is 0.788. The lowest BCUT2D eigenvalue weighted by Gasteiger charge is -2.03. The lowest BCUT2D eigenvalue weighted by molar-refractivity contribution is 1.24. The van der Waals surface area contributed by atoms with Gasteiger partial charge in [-0.25, -0.2) is 4.98 Å². The van der Waals surface area contributed by atoms with Gasteiger partial charge in [0, 0.05) is 5.56 Å². The van der Waals surface area contributed by atoms with Crippen molar-refractivity contribution >= 4 is 0 Å². The van der Waals surface area contributed by atoms with Crippen molar-refractivity contribution in [1.82, 2.24) is 9.97 Å². The third kappa shape index (κ3) is 1.70. The van der Waals surface area contributed by atoms with Gasteiger partial charge in [-0.15, -0.1) is 0 Å². The average molecular weight is 211 g/mol. The molecule has 1 aromatic carbocycles. The molecular weight excluding hydrogens is 198 g/mol. The monoisotopic (exact) mass is 211 g/mol. The van der Waals surface area contributed by atoms with Crippen LogP contribution in [0.15, 0.2) is 18.2 Å². The first-order valence-corrected chi connectivity index (χ1v) is 5.16. The summed E-state index contributed by atoms with van der Waals surface area (Å²) < 4.78 is 0. The molecule has 0 saturated carbocycles. The van der Waals surface area contributed by atoms with Crippen LogP contribution < -0.4 is 0 Å². The molecule has 0 aliphatic heterocycles. The molecule has 0 amide bonds. The van der Waals surface area contributed by atoms with Gasteiger partial charge >= 0.3 is 0 Å². The summed E-state index contributed by atoms with van der Waals surface area (Å²) in [5.74, 6) is 0.770. The van der Waals surface area contributed by atoms with E-state index in [1.807, 2.05) is 26.0 Å². The first kappa shape index (κ1) is 10.4. The molecule has 3 heteroatoms. The second-order valence-electron chi connectivity index (χ2n) is 3.99. The Bertz CT molecular complexity index is 573. The highest BCUT2D eigenvalue weighted by Gasteiger charge is 2.09. The van der Waals surface area contributed by atoms with Gasteiger partial charge in [0.15, 0.2) is 5.69 Å². The van der Waals surface area contributed by atoms with E-state index in [-0.39, 0.29) is 0 Å². The highest BCUT2D eigenvalue weighted by atomic mass is 14.9. The second-order valence-corrected chi connectivity index (χ2v) is 3.99. The Labute approximate surface area is 94.8 Å². The number of rotatable bonds is 1. The first-order valence-electron chi connectivity index (χ1n) is 5.16. The van der Waals surface area contributed by atoms with Gasteiger partial charge in [-0.2, -0.15) is 5.26 Å². The number of nitrogens with zero attached hydrogens (tertiary/aromatic N) is 2. The van der Waals surface area contributed by atoms with Crippen LogP contribution in [0.3, 0.4) is 0 Å². The number of benzene rings is 1. The smallest absolute Gasteiger partial charge is 0.161 e. The van der Waals surface area contributed by atoms with Gasteiger partial charge in [-0.05, 0) is 26.3 Å². The topological polar surface area (TPSA) is 52.5 Å². The van der Waals surface area contributed by atoms with E-state index in [1.54, 1.807) is 0 Å². The molecule has 1 N–H and O–H groups in total. The van der Waals surface area contributed by atoms with Crippen molar-refractivity contribution in [2.75, 3.05) is 0 Å². The van der Waals surface area contributed by atoms with Gasteiger partial charge in [-0.1, -0.05) is 23.8 Å². The van der Waals surface area contributed by atoms with E-state index in [1.165, 1.54) is 11.1 Å². The van der Waals surface area contributed by atoms with Crippen molar-refractivity contribution in [3.8, 4) is 17.5 Å². The largest absolute Gasteiger partial charge is 0.341 e. The van der Waals surface area contributed by atoms with Gasteiger partial charge in [0.25, 0.3) is 0 Å². The van der Waals surface area contributed by atoms with Crippen LogP contribution >= 0.6 is 0 Å². The molecule has 3 nitrogen and oxygen atoms in total. The number of aryl methyl sites for hydroxylation is 3. The number of hydrogen-bond donors (Lipinski definition) is 1. The van der Waals surface area contributed by atoms with E-state index in [2.05, 4.69) is 29.0 Å². The van der Waals surface area contributed by atoms with Crippen LogP contribution in [0.5, 0.6) is 0 Å². The van der Waals surface area contributed by atoms with E-state index in [9.17, 15) is 0 Å². The summed E-state index contributed by atoms with van der Waals surface area (Å²) in [6.07, 6.45) is 0. The highest BCUT2D eigenvalue weighted by molar-refractivity contribution is 5.62. The van der Waals surface area contributed by atoms with Crippen LogP contribution in [0, 0.1) is 32.1 Å². The van der Waals surface area contributed by atoms with Crippen LogP contribution in [0.1, 0.15) is 22.5 Å². The van der Waals surface area contributed by atoms with Gasteiger partial charge < -0.3 is 4.98 Å². The fourth-order valence-electron chi connectivity index (χ4n) is 1.78. The Hall–Kier alpha value is -2.08. The maximum absolute atomic E-state index is 8.86. The van der Waals surface area contributed by atoms with Crippen molar-refractivity contribution in [3.05, 3.63) is 40.7 Å². The molecule has 0 saturated heterocycles. The fraction of sp³-hybridized carbons (Fsp3) is 0.231. The second kappa shape index (κ2) is 3.82. The zero-order valence-corrected chi connectivity index (χ0v) is 9.63. The molecule has 2 aromatic rings. The molecule has 0 fully saturated rings. The molecule has 0 aliphatic carbocycles. The molecule has 1 aromatic heterocycles. The molecule has 0 atom stereocenters. The molecule has 2 rings (SSSR count). The molecule has 1 heterocycles. The predicted octanol–water partition coefficient (Wildman–Crippen LogP) is 2.87. The zero-order valence-electron chi connectivity index (χ0n) is 9.63. The normalized spacial score (nSPS) is 10.1. The summed E-state index contributed by atoms with van der Waals surface area (Å²) in [5, 5.41) is 8.86. The summed E-state index contributed by atoms with van der Waals surface area (Å²) in [5.41, 5.74) is 4.73. The summed E-state index contributed by atoms with van der Waals surface area (Å²) in [6, 6.07) is 8.26. The average Bonchev–Trinajstić information content (AvgIpc) is 2.59. The van der Waals surface area contributed by atoms with Crippen molar-refractivity contribution in [2.45, 2.75) is 20.8 Å². The Morgan fingerprint density at radius 2 is 2.00 bits per heavy atom. The molecule has 0 unspecified atom stereocenters. The first-order chi connectivity index (χ1) is 7.61. The van der Waals surface area contributed by atoms with Crippen LogP contribution in [0.4, 0.5) is 0 Å². The van der Waals surface area contributed by atoms with Crippen molar-refractivity contribution in [2.24, 2.45) is 0 Å². The van der Waals surface area contributed by atoms with E-state index in [4.69, 9.17) is 5.26 Å². The van der Waals surface area contributed by atoms with E-state index in [0.717, 1.165) is 17.1 Å². The van der Waals surface area contributed by atoms with Crippen molar-refractivity contribution < 1.29 is 0 Å². The minimum Gasteiger partial charge on any atom is -0.341 e. The molecule has 80 valence electrons. The number of nitriles is 1. The minimum atomic E-state index is 0.468. The van der Waals surface area contributed by atoms with Crippen molar-refractivity contribution in [3.63, 3.8) is 0 Å². The van der Waals surface area contributed by atoms with Crippen LogP contribution in [0.25, 0.3) is 11.4 Å². The maximum Gasteiger partial charge on any atom is 0.161 e. The number of nitrogens with one attached hydrogen (secondary N) is 1. The number of imidazole rings is 1. The Balaban J connectivity index is 2.55. The van der Waals surface area contributed by atoms with Gasteiger partial charge in [0.05, 0.1) is 5.69 Å². The number of aromatic nitrogens is 2. The molecule has 0 spiro atoms. The van der Waals surface area contributed by atoms with Crippen LogP contribution in [-0.4, -0.2) is 9.97 Å². The highest BCUT2D eigenvalue weighted by Crippen LogP contribution is 2.22. The molecule has 0 aliphatic rings. The third-order valence-electron chi connectivity index (χ3n) is 2.63. The van der Waals surface area contributed by atoms with Crippen LogP contribution in [0.2, 0.25) is 0 Å². The van der Waals surface area contributed by atoms with E-state index < -0.39 is 0 Å². The molecule has 0 radical (unpaired) electrons. The van der Waals surface area contributed by atoms with Gasteiger partial charge in [0.1, 0.15) is 11.9 Å². The minimum absolute atomic E-state index is 0.468. The summed E-state index contributed by atoms with van der Waals surface area (Å²) in [6.45, 7) is 5.97. The Morgan fingerprint density at radius 3 is 2.56 bits per heavy atom. The number of H-pyrrole nitrogens is 1. The standard InChI is InChI=1S/C13H13N3/c1-8-4-5-11(9(2)6-8)13-15-10(3)12(7-14)16-13/h4-6H,1-3H3,(H,15,16). The van der Waals surface area contributed by atoms with E-state index in [0.29, 0.717) is 5.69 Å². The van der Waals surface area contributed by atoms with E-state index >= 15 is 0 Å². The van der Waals surface area contributed by atoms with Crippen LogP contribution in [-0.2, 0) is 0 Å². The summed E-state index contributed by atoms with van der Waals surface area (Å²) in [7, 11) is 0. The number of aromatic amines is 1. The summed E-state index contributed by atoms with van der Waals surface area (Å²) in [4.78, 5) is 7.41. The third-order valence-corrected chi connectivity index (χ3v) is 2.63. The molecule has 0 bridgehead atoms. The fourth-order valence-corrected chi connectivity index (χ4v) is 1.78. The number of hydrogen-bond acceptors (Lipinski definition) is 2. The van der Waals surface area contributed by atoms with Crippen molar-refractivity contribution in [1.29, 1.82) is 5.26 Å². The SMILES string of the molecule is Cc1ccc(-c2nc(C#N)c(C)[nH]2)c(C)c1. The zero-order chi connectivity index (χ0) is 11.7. The maximum atomic E-state index is 8.86. The summed E-state index contributed by atoms with van der Waals surface area (Å²) >= 11 is 0. The van der Waals surface area contributed by atoms with Gasteiger partial charge in [0.2, 0.25) is 0 Å². The lowest BCUT2D eigenvalue weighted by atomic mass is 10.1.